The van der Waals surface area contributed by atoms with Crippen LogP contribution in [0.5, 0.6) is 0 Å². The molecule has 0 aliphatic carbocycles. The van der Waals surface area contributed by atoms with Gasteiger partial charge in [0.25, 0.3) is 0 Å². The Morgan fingerprint density at radius 3 is 2.30 bits per heavy atom. The Bertz CT molecular complexity index is 1140. The van der Waals surface area contributed by atoms with Gasteiger partial charge < -0.3 is 14.5 Å². The number of hydrogen-bond donors (Lipinski definition) is 0. The van der Waals surface area contributed by atoms with Crippen LogP contribution in [0.15, 0.2) is 46.9 Å². The molecule has 0 saturated carbocycles. The minimum absolute atomic E-state index is 0.00563. The first kappa shape index (κ1) is 27.4. The second-order valence-electron chi connectivity index (χ2n) is 9.50. The fourth-order valence-corrected chi connectivity index (χ4v) is 5.50. The fraction of sp³-hybridized carbons (Fsp3) is 0.462. The van der Waals surface area contributed by atoms with E-state index in [0.29, 0.717) is 32.6 Å². The quantitative estimate of drug-likeness (QED) is 0.444. The number of likely N-dealkylation sites (N-methyl/N-ethyl adjacent to an activating group) is 1. The molecule has 2 aliphatic heterocycles. The maximum atomic E-state index is 13.6. The molecule has 0 N–H and O–H groups in total. The normalized spacial score (nSPS) is 20.7. The molecule has 11 heteroatoms. The van der Waals surface area contributed by atoms with Crippen LogP contribution in [0.2, 0.25) is 0 Å². The number of rotatable bonds is 4. The number of amides is 3. The molecule has 0 aromatic heterocycles. The van der Waals surface area contributed by atoms with Crippen LogP contribution >= 0.6 is 15.9 Å². The number of alkyl halides is 3. The van der Waals surface area contributed by atoms with Gasteiger partial charge in [0.1, 0.15) is 5.82 Å². The summed E-state index contributed by atoms with van der Waals surface area (Å²) in [6.45, 7) is 1.65. The van der Waals surface area contributed by atoms with Gasteiger partial charge in [-0.25, -0.2) is 9.18 Å². The number of benzene rings is 2. The van der Waals surface area contributed by atoms with Crippen molar-refractivity contribution in [2.24, 2.45) is 5.92 Å². The zero-order valence-corrected chi connectivity index (χ0v) is 22.1. The molecule has 4 rings (SSSR count). The summed E-state index contributed by atoms with van der Waals surface area (Å²) in [5, 5.41) is 0. The summed E-state index contributed by atoms with van der Waals surface area (Å²) in [7, 11) is 2.98. The van der Waals surface area contributed by atoms with E-state index >= 15 is 0 Å². The number of anilines is 1. The van der Waals surface area contributed by atoms with Gasteiger partial charge in [0.2, 0.25) is 5.91 Å². The highest BCUT2D eigenvalue weighted by Crippen LogP contribution is 2.36. The van der Waals surface area contributed by atoms with E-state index in [1.165, 1.54) is 30.1 Å². The van der Waals surface area contributed by atoms with Crippen molar-refractivity contribution in [3.05, 3.63) is 63.9 Å². The van der Waals surface area contributed by atoms with Crippen molar-refractivity contribution in [3.63, 3.8) is 0 Å². The topological polar surface area (TPSA) is 53.1 Å². The Kier molecular flexibility index (Phi) is 8.13. The first-order valence-corrected chi connectivity index (χ1v) is 12.8. The van der Waals surface area contributed by atoms with Crippen LogP contribution in [0.1, 0.15) is 29.9 Å². The van der Waals surface area contributed by atoms with Gasteiger partial charge in [-0.2, -0.15) is 13.2 Å². The van der Waals surface area contributed by atoms with Crippen molar-refractivity contribution >= 4 is 33.6 Å². The SMILES string of the molecule is CN(C(=O)N(C)[C@@H]1CN(C(=O)C2CCOCC2)C[C@H]1c1ccc(F)cc1)c1cc(Br)cc(C(F)(F)F)c1. The molecule has 0 bridgehead atoms. The molecule has 37 heavy (non-hydrogen) atoms. The Balaban J connectivity index is 1.59. The smallest absolute Gasteiger partial charge is 0.381 e. The van der Waals surface area contributed by atoms with Gasteiger partial charge in [0.15, 0.2) is 0 Å². The van der Waals surface area contributed by atoms with Crippen LogP contribution in [0.3, 0.4) is 0 Å². The van der Waals surface area contributed by atoms with E-state index < -0.39 is 29.6 Å². The van der Waals surface area contributed by atoms with Gasteiger partial charge in [-0.3, -0.25) is 9.69 Å². The van der Waals surface area contributed by atoms with Crippen LogP contribution in [-0.2, 0) is 15.7 Å². The summed E-state index contributed by atoms with van der Waals surface area (Å²) in [6, 6.07) is 8.28. The van der Waals surface area contributed by atoms with Gasteiger partial charge >= 0.3 is 12.2 Å². The van der Waals surface area contributed by atoms with E-state index in [1.54, 1.807) is 24.1 Å². The minimum atomic E-state index is -4.57. The Labute approximate surface area is 221 Å². The zero-order chi connectivity index (χ0) is 26.9. The molecule has 2 atom stereocenters. The Morgan fingerprint density at radius 2 is 1.68 bits per heavy atom. The molecule has 200 valence electrons. The number of nitrogens with zero attached hydrogens (tertiary/aromatic N) is 3. The Morgan fingerprint density at radius 1 is 1.03 bits per heavy atom. The molecule has 0 unspecified atom stereocenters. The number of likely N-dealkylation sites (tertiary alicyclic amines) is 1. The number of hydrogen-bond acceptors (Lipinski definition) is 3. The van der Waals surface area contributed by atoms with Crippen molar-refractivity contribution < 1.29 is 31.9 Å². The second-order valence-corrected chi connectivity index (χ2v) is 10.4. The van der Waals surface area contributed by atoms with E-state index in [9.17, 15) is 27.2 Å². The average molecular weight is 586 g/mol. The standard InChI is InChI=1S/C26H28BrF4N3O3/c1-32(21-12-18(26(29,30)31)11-19(27)13-21)25(36)33(2)23-15-34(24(35)17-7-9-37-10-8-17)14-22(23)16-3-5-20(28)6-4-16/h3-6,11-13,17,22-23H,7-10,14-15H2,1-2H3/t22-,23+/m0/s1. The Hall–Kier alpha value is -2.66. The van der Waals surface area contributed by atoms with Crippen LogP contribution < -0.4 is 4.90 Å². The van der Waals surface area contributed by atoms with Crippen molar-refractivity contribution in [2.75, 3.05) is 45.3 Å². The van der Waals surface area contributed by atoms with Crippen molar-refractivity contribution in [1.82, 2.24) is 9.80 Å². The number of halogens is 5. The number of carbonyl (C=O) groups excluding carboxylic acids is 2. The first-order valence-electron chi connectivity index (χ1n) is 12.0. The highest BCUT2D eigenvalue weighted by molar-refractivity contribution is 9.10. The predicted octanol–water partition coefficient (Wildman–Crippen LogP) is 5.52. The zero-order valence-electron chi connectivity index (χ0n) is 20.5. The van der Waals surface area contributed by atoms with E-state index in [-0.39, 0.29) is 34.4 Å². The monoisotopic (exact) mass is 585 g/mol. The van der Waals surface area contributed by atoms with Gasteiger partial charge in [0, 0.05) is 62.4 Å². The molecule has 6 nitrogen and oxygen atoms in total. The lowest BCUT2D eigenvalue weighted by Gasteiger charge is -2.33. The summed E-state index contributed by atoms with van der Waals surface area (Å²) in [6.07, 6.45) is -3.31. The third-order valence-electron chi connectivity index (χ3n) is 7.15. The molecule has 3 amide bonds. The van der Waals surface area contributed by atoms with E-state index in [1.807, 2.05) is 0 Å². The number of carbonyl (C=O) groups is 2. The van der Waals surface area contributed by atoms with Gasteiger partial charge in [-0.05, 0) is 48.7 Å². The van der Waals surface area contributed by atoms with E-state index in [2.05, 4.69) is 15.9 Å². The molecule has 2 heterocycles. The number of urea groups is 1. The summed E-state index contributed by atoms with van der Waals surface area (Å²) in [5.41, 5.74) is -0.0275. The summed E-state index contributed by atoms with van der Waals surface area (Å²) in [4.78, 5) is 31.1. The molecule has 2 aromatic rings. The molecule has 0 radical (unpaired) electrons. The lowest BCUT2D eigenvalue weighted by Crippen LogP contribution is -2.48. The van der Waals surface area contributed by atoms with Crippen LogP contribution in [-0.4, -0.2) is 68.2 Å². The molecule has 2 aromatic carbocycles. The highest BCUT2D eigenvalue weighted by Gasteiger charge is 2.42. The average Bonchev–Trinajstić information content (AvgIpc) is 3.32. The largest absolute Gasteiger partial charge is 0.416 e. The number of ether oxygens (including phenoxy) is 1. The molecule has 0 spiro atoms. The fourth-order valence-electron chi connectivity index (χ4n) is 5.02. The van der Waals surface area contributed by atoms with Gasteiger partial charge in [0.05, 0.1) is 11.6 Å². The van der Waals surface area contributed by atoms with Crippen LogP contribution in [0.4, 0.5) is 28.0 Å². The summed E-state index contributed by atoms with van der Waals surface area (Å²) in [5.74, 6) is -0.853. The van der Waals surface area contributed by atoms with Crippen molar-refractivity contribution in [3.8, 4) is 0 Å². The molecular weight excluding hydrogens is 558 g/mol. The van der Waals surface area contributed by atoms with Crippen LogP contribution in [0.25, 0.3) is 0 Å². The first-order chi connectivity index (χ1) is 17.5. The van der Waals surface area contributed by atoms with Crippen LogP contribution in [0, 0.1) is 11.7 Å². The third-order valence-corrected chi connectivity index (χ3v) is 7.61. The molecule has 2 aliphatic rings. The molecular formula is C26H28BrF4N3O3. The lowest BCUT2D eigenvalue weighted by molar-refractivity contribution is -0.138. The second kappa shape index (κ2) is 11.0. The summed E-state index contributed by atoms with van der Waals surface area (Å²) < 4.78 is 59.2. The molecule has 2 fully saturated rings. The maximum absolute atomic E-state index is 13.6. The van der Waals surface area contributed by atoms with Crippen molar-refractivity contribution in [1.29, 1.82) is 0 Å². The third kappa shape index (κ3) is 6.09. The lowest BCUT2D eigenvalue weighted by atomic mass is 9.93. The maximum Gasteiger partial charge on any atom is 0.416 e. The van der Waals surface area contributed by atoms with E-state index in [4.69, 9.17) is 4.74 Å². The van der Waals surface area contributed by atoms with Crippen molar-refractivity contribution in [2.45, 2.75) is 31.0 Å². The minimum Gasteiger partial charge on any atom is -0.381 e. The van der Waals surface area contributed by atoms with E-state index in [0.717, 1.165) is 22.6 Å². The molecule has 2 saturated heterocycles. The predicted molar refractivity (Wildman–Crippen MR) is 134 cm³/mol. The summed E-state index contributed by atoms with van der Waals surface area (Å²) >= 11 is 3.10. The van der Waals surface area contributed by atoms with Gasteiger partial charge in [-0.15, -0.1) is 0 Å². The highest BCUT2D eigenvalue weighted by atomic mass is 79.9. The van der Waals surface area contributed by atoms with Gasteiger partial charge in [-0.1, -0.05) is 28.1 Å².